The van der Waals surface area contributed by atoms with Crippen molar-refractivity contribution in [2.45, 2.75) is 57.8 Å². The van der Waals surface area contributed by atoms with Crippen molar-refractivity contribution in [1.29, 1.82) is 0 Å². The Labute approximate surface area is 170 Å². The second-order valence-electron chi connectivity index (χ2n) is 9.75. The number of pyridine rings is 1. The van der Waals surface area contributed by atoms with Crippen LogP contribution >= 0.6 is 0 Å². The van der Waals surface area contributed by atoms with E-state index >= 15 is 0 Å². The van der Waals surface area contributed by atoms with Gasteiger partial charge in [-0.3, -0.25) is 9.59 Å². The van der Waals surface area contributed by atoms with E-state index in [-0.39, 0.29) is 5.91 Å². The molecule has 2 aromatic heterocycles. The van der Waals surface area contributed by atoms with Gasteiger partial charge in [-0.15, -0.1) is 0 Å². The highest BCUT2D eigenvalue weighted by Gasteiger charge is 2.50. The summed E-state index contributed by atoms with van der Waals surface area (Å²) in [5, 5.41) is 12.6. The topological polar surface area (TPSA) is 83.7 Å². The summed E-state index contributed by atoms with van der Waals surface area (Å²) >= 11 is 0. The molecule has 2 heterocycles. The predicted octanol–water partition coefficient (Wildman–Crippen LogP) is 3.86. The summed E-state index contributed by atoms with van der Waals surface area (Å²) in [7, 11) is 0. The fourth-order valence-corrected chi connectivity index (χ4v) is 6.70. The molecule has 0 aliphatic heterocycles. The van der Waals surface area contributed by atoms with Crippen LogP contribution in [0.25, 0.3) is 5.65 Å². The van der Waals surface area contributed by atoms with Gasteiger partial charge < -0.3 is 14.8 Å². The molecule has 1 amide bonds. The van der Waals surface area contributed by atoms with Crippen molar-refractivity contribution >= 4 is 17.5 Å². The first-order valence-electron chi connectivity index (χ1n) is 10.9. The van der Waals surface area contributed by atoms with Gasteiger partial charge in [-0.1, -0.05) is 6.92 Å². The minimum absolute atomic E-state index is 0.0526. The number of carbonyl (C=O) groups excluding carboxylic acids is 1. The maximum Gasteiger partial charge on any atom is 0.312 e. The largest absolute Gasteiger partial charge is 0.481 e. The molecule has 4 saturated carbocycles. The number of amides is 1. The first kappa shape index (κ1) is 18.6. The van der Waals surface area contributed by atoms with Crippen LogP contribution in [0.2, 0.25) is 0 Å². The molecule has 0 radical (unpaired) electrons. The van der Waals surface area contributed by atoms with Crippen molar-refractivity contribution in [3.8, 4) is 0 Å². The Morgan fingerprint density at radius 2 is 1.83 bits per heavy atom. The lowest BCUT2D eigenvalue weighted by molar-refractivity contribution is -0.138. The molecule has 6 heteroatoms. The molecule has 0 spiro atoms. The second kappa shape index (κ2) is 6.85. The third-order valence-corrected chi connectivity index (χ3v) is 7.58. The van der Waals surface area contributed by atoms with E-state index in [2.05, 4.69) is 10.3 Å². The molecule has 29 heavy (non-hydrogen) atoms. The Morgan fingerprint density at radius 3 is 2.41 bits per heavy atom. The molecule has 2 aromatic rings. The third kappa shape index (κ3) is 3.32. The Bertz CT molecular complexity index is 928. The molecule has 6 nitrogen and oxygen atoms in total. The number of hydrogen-bond donors (Lipinski definition) is 2. The number of rotatable bonds is 6. The summed E-state index contributed by atoms with van der Waals surface area (Å²) in [6, 6.07) is 3.57. The molecule has 2 N–H and O–H groups in total. The average molecular weight is 396 g/mol. The van der Waals surface area contributed by atoms with E-state index in [1.807, 2.05) is 6.92 Å². The van der Waals surface area contributed by atoms with Crippen LogP contribution in [-0.4, -0.2) is 32.9 Å². The van der Waals surface area contributed by atoms with Crippen LogP contribution in [-0.2, 0) is 4.79 Å². The number of aliphatic carboxylic acids is 1. The smallest absolute Gasteiger partial charge is 0.312 e. The number of aromatic nitrogens is 2. The minimum Gasteiger partial charge on any atom is -0.481 e. The Kier molecular flexibility index (Phi) is 4.41. The van der Waals surface area contributed by atoms with E-state index in [1.54, 1.807) is 28.9 Å². The van der Waals surface area contributed by atoms with Gasteiger partial charge in [0.15, 0.2) is 0 Å². The standard InChI is InChI=1S/C23H29N3O3/c1-2-18(22(28)29)19-12-26-11-17(3-4-20(26)25-19)21(27)24-13-23-8-14-5-15(9-23)7-16(6-14)10-23/h3-4,11-12,14-16,18H,2,5-10,13H2,1H3,(H,24,27)(H,28,29). The molecular weight excluding hydrogens is 366 g/mol. The van der Waals surface area contributed by atoms with Crippen molar-refractivity contribution < 1.29 is 14.7 Å². The van der Waals surface area contributed by atoms with Crippen molar-refractivity contribution in [1.82, 2.24) is 14.7 Å². The SMILES string of the molecule is CCC(C(=O)O)c1cn2cc(C(=O)NCC34CC5CC(CC(C5)C3)C4)ccc2n1. The number of nitrogens with one attached hydrogen (secondary N) is 1. The Balaban J connectivity index is 1.30. The number of carboxylic acids is 1. The van der Waals surface area contributed by atoms with Crippen molar-refractivity contribution in [2.75, 3.05) is 6.54 Å². The number of hydrogen-bond acceptors (Lipinski definition) is 3. The van der Waals surface area contributed by atoms with Crippen molar-refractivity contribution in [3.63, 3.8) is 0 Å². The molecule has 4 bridgehead atoms. The Hall–Kier alpha value is -2.37. The highest BCUT2D eigenvalue weighted by atomic mass is 16.4. The maximum atomic E-state index is 12.8. The van der Waals surface area contributed by atoms with Gasteiger partial charge in [0.2, 0.25) is 0 Å². The summed E-state index contributed by atoms with van der Waals surface area (Å²) in [4.78, 5) is 28.7. The number of nitrogens with zero attached hydrogens (tertiary/aromatic N) is 2. The van der Waals surface area contributed by atoms with E-state index in [1.165, 1.54) is 38.5 Å². The first-order chi connectivity index (χ1) is 13.9. The summed E-state index contributed by atoms with van der Waals surface area (Å²) in [5.74, 6) is 1.08. The van der Waals surface area contributed by atoms with Crippen LogP contribution in [0.15, 0.2) is 24.5 Å². The number of imidazole rings is 1. The van der Waals surface area contributed by atoms with Crippen LogP contribution in [0.4, 0.5) is 0 Å². The highest BCUT2D eigenvalue weighted by Crippen LogP contribution is 2.59. The van der Waals surface area contributed by atoms with Gasteiger partial charge in [-0.05, 0) is 80.2 Å². The lowest BCUT2D eigenvalue weighted by Gasteiger charge is -2.56. The van der Waals surface area contributed by atoms with Gasteiger partial charge >= 0.3 is 5.97 Å². The molecule has 1 unspecified atom stereocenters. The maximum absolute atomic E-state index is 12.8. The molecular formula is C23H29N3O3. The van der Waals surface area contributed by atoms with E-state index in [4.69, 9.17) is 0 Å². The van der Waals surface area contributed by atoms with E-state index in [0.29, 0.717) is 28.7 Å². The molecule has 4 aliphatic carbocycles. The van der Waals surface area contributed by atoms with Gasteiger partial charge in [0.05, 0.1) is 11.3 Å². The predicted molar refractivity (Wildman–Crippen MR) is 109 cm³/mol. The lowest BCUT2D eigenvalue weighted by atomic mass is 9.49. The molecule has 1 atom stereocenters. The van der Waals surface area contributed by atoms with Gasteiger partial charge in [-0.2, -0.15) is 0 Å². The van der Waals surface area contributed by atoms with Crippen LogP contribution in [0.3, 0.4) is 0 Å². The summed E-state index contributed by atoms with van der Waals surface area (Å²) in [6.07, 6.45) is 12.0. The van der Waals surface area contributed by atoms with E-state index in [0.717, 1.165) is 24.3 Å². The number of carbonyl (C=O) groups is 2. The third-order valence-electron chi connectivity index (χ3n) is 7.58. The second-order valence-corrected chi connectivity index (χ2v) is 9.75. The van der Waals surface area contributed by atoms with Crippen LogP contribution in [0.1, 0.15) is 73.8 Å². The van der Waals surface area contributed by atoms with Gasteiger partial charge in [-0.25, -0.2) is 4.98 Å². The number of carboxylic acid groups (broad SMARTS) is 1. The zero-order valence-electron chi connectivity index (χ0n) is 16.9. The van der Waals surface area contributed by atoms with Crippen LogP contribution in [0, 0.1) is 23.2 Å². The zero-order chi connectivity index (χ0) is 20.2. The fraction of sp³-hybridized carbons (Fsp3) is 0.609. The molecule has 4 aliphatic rings. The number of fused-ring (bicyclic) bond motifs is 1. The molecule has 154 valence electrons. The first-order valence-corrected chi connectivity index (χ1v) is 10.9. The molecule has 0 saturated heterocycles. The highest BCUT2D eigenvalue weighted by molar-refractivity contribution is 5.94. The van der Waals surface area contributed by atoms with Gasteiger partial charge in [0, 0.05) is 18.9 Å². The van der Waals surface area contributed by atoms with Crippen molar-refractivity contribution in [2.24, 2.45) is 23.2 Å². The zero-order valence-corrected chi connectivity index (χ0v) is 16.9. The van der Waals surface area contributed by atoms with E-state index < -0.39 is 11.9 Å². The average Bonchev–Trinajstić information content (AvgIpc) is 3.08. The van der Waals surface area contributed by atoms with Gasteiger partial charge in [0.1, 0.15) is 11.6 Å². The molecule has 6 rings (SSSR count). The molecule has 4 fully saturated rings. The molecule has 0 aromatic carbocycles. The quantitative estimate of drug-likeness (QED) is 0.778. The summed E-state index contributed by atoms with van der Waals surface area (Å²) < 4.78 is 1.76. The fourth-order valence-electron chi connectivity index (χ4n) is 6.70. The van der Waals surface area contributed by atoms with Gasteiger partial charge in [0.25, 0.3) is 5.91 Å². The lowest BCUT2D eigenvalue weighted by Crippen LogP contribution is -2.51. The Morgan fingerprint density at radius 1 is 1.17 bits per heavy atom. The van der Waals surface area contributed by atoms with E-state index in [9.17, 15) is 14.7 Å². The monoisotopic (exact) mass is 395 g/mol. The van der Waals surface area contributed by atoms with Crippen LogP contribution in [0.5, 0.6) is 0 Å². The summed E-state index contributed by atoms with van der Waals surface area (Å²) in [5.41, 5.74) is 2.10. The minimum atomic E-state index is -0.871. The summed E-state index contributed by atoms with van der Waals surface area (Å²) in [6.45, 7) is 2.62. The normalized spacial score (nSPS) is 31.1. The van der Waals surface area contributed by atoms with Crippen LogP contribution < -0.4 is 5.32 Å². The van der Waals surface area contributed by atoms with Crippen molar-refractivity contribution in [3.05, 3.63) is 35.8 Å².